The third-order valence-corrected chi connectivity index (χ3v) is 7.15. The van der Waals surface area contributed by atoms with Gasteiger partial charge in [0.25, 0.3) is 0 Å². The van der Waals surface area contributed by atoms with Crippen LogP contribution in [0.2, 0.25) is 0 Å². The number of phenolic OH excluding ortho intramolecular Hbond substituents is 3. The van der Waals surface area contributed by atoms with E-state index in [9.17, 15) is 40.5 Å². The Morgan fingerprint density at radius 2 is 1.52 bits per heavy atom. The number of aromatic hydroxyl groups is 3. The van der Waals surface area contributed by atoms with Gasteiger partial charge in [0.15, 0.2) is 17.2 Å². The lowest BCUT2D eigenvalue weighted by Gasteiger charge is -2.39. The molecule has 1 aromatic heterocycles. The van der Waals surface area contributed by atoms with Crippen LogP contribution in [0.25, 0.3) is 28.4 Å². The molecule has 242 valence electrons. The van der Waals surface area contributed by atoms with Gasteiger partial charge < -0.3 is 59.4 Å². The molecular weight excluding hydrogens is 608 g/mol. The molecule has 0 bridgehead atoms. The van der Waals surface area contributed by atoms with E-state index >= 15 is 0 Å². The number of phenols is 3. The number of esters is 1. The van der Waals surface area contributed by atoms with Crippen molar-refractivity contribution in [1.82, 2.24) is 0 Å². The molecule has 46 heavy (non-hydrogen) atoms. The molecule has 14 heteroatoms. The molecule has 0 amide bonds. The van der Waals surface area contributed by atoms with E-state index in [1.165, 1.54) is 56.7 Å². The largest absolute Gasteiger partial charge is 0.508 e. The number of methoxy groups -OCH3 is 2. The Hall–Kier alpha value is -5.12. The SMILES string of the molecule is COc1cc(-c2[o+]c3cc(O)cc(OC(=O)C=Cc4ccc(O)cc4)c3cc2O[C@@H]2O[C@H](CO)[C@@H](O)[C@H](O)[C@H]2O)cc(OC)c1O. The minimum atomic E-state index is -1.78. The predicted octanol–water partition coefficient (Wildman–Crippen LogP) is 2.31. The van der Waals surface area contributed by atoms with Crippen LogP contribution in [0.3, 0.4) is 0 Å². The maximum Gasteiger partial charge on any atom is 0.402 e. The summed E-state index contributed by atoms with van der Waals surface area (Å²) in [4.78, 5) is 12.8. The van der Waals surface area contributed by atoms with Gasteiger partial charge in [0, 0.05) is 30.3 Å². The van der Waals surface area contributed by atoms with Gasteiger partial charge in [0.1, 0.15) is 41.3 Å². The fourth-order valence-corrected chi connectivity index (χ4v) is 4.75. The lowest BCUT2D eigenvalue weighted by molar-refractivity contribution is -0.277. The summed E-state index contributed by atoms with van der Waals surface area (Å²) < 4.78 is 33.7. The first-order valence-corrected chi connectivity index (χ1v) is 13.8. The van der Waals surface area contributed by atoms with Gasteiger partial charge in [-0.1, -0.05) is 12.1 Å². The van der Waals surface area contributed by atoms with Crippen LogP contribution >= 0.6 is 0 Å². The molecule has 0 aliphatic carbocycles. The molecule has 14 nitrogen and oxygen atoms in total. The van der Waals surface area contributed by atoms with Gasteiger partial charge in [0.2, 0.25) is 17.8 Å². The van der Waals surface area contributed by atoms with Crippen molar-refractivity contribution >= 4 is 23.0 Å². The number of hydrogen-bond donors (Lipinski definition) is 7. The normalized spacial score (nSPS) is 21.3. The average Bonchev–Trinajstić information content (AvgIpc) is 3.04. The number of fused-ring (bicyclic) bond motifs is 1. The number of carbonyl (C=O) groups is 1. The van der Waals surface area contributed by atoms with E-state index in [0.717, 1.165) is 12.1 Å². The molecule has 0 radical (unpaired) electrons. The Morgan fingerprint density at radius 3 is 2.15 bits per heavy atom. The molecule has 3 aromatic carbocycles. The summed E-state index contributed by atoms with van der Waals surface area (Å²) >= 11 is 0. The minimum absolute atomic E-state index is 0.00520. The third kappa shape index (κ3) is 6.61. The van der Waals surface area contributed by atoms with Gasteiger partial charge in [0.05, 0.1) is 32.5 Å². The van der Waals surface area contributed by atoms with Crippen molar-refractivity contribution in [2.45, 2.75) is 30.7 Å². The summed E-state index contributed by atoms with van der Waals surface area (Å²) in [6.45, 7) is -0.705. The lowest BCUT2D eigenvalue weighted by atomic mass is 9.99. The van der Waals surface area contributed by atoms with E-state index in [1.54, 1.807) is 12.1 Å². The zero-order chi connectivity index (χ0) is 33.1. The number of rotatable bonds is 9. The summed E-state index contributed by atoms with van der Waals surface area (Å²) in [6.07, 6.45) is -5.52. The van der Waals surface area contributed by atoms with Crippen molar-refractivity contribution in [1.29, 1.82) is 0 Å². The molecular formula is C32H31O14+. The second-order valence-corrected chi connectivity index (χ2v) is 10.2. The van der Waals surface area contributed by atoms with Crippen molar-refractivity contribution in [2.24, 2.45) is 0 Å². The maximum atomic E-state index is 12.8. The van der Waals surface area contributed by atoms with Crippen LogP contribution in [0.15, 0.2) is 65.1 Å². The fraction of sp³-hybridized carbons (Fsp3) is 0.250. The first kappa shape index (κ1) is 32.3. The number of carbonyl (C=O) groups excluding carboxylic acids is 1. The van der Waals surface area contributed by atoms with E-state index in [0.29, 0.717) is 5.56 Å². The van der Waals surface area contributed by atoms with Crippen molar-refractivity contribution in [3.8, 4) is 51.6 Å². The molecule has 5 rings (SSSR count). The molecule has 4 aromatic rings. The van der Waals surface area contributed by atoms with E-state index in [4.69, 9.17) is 28.1 Å². The van der Waals surface area contributed by atoms with E-state index in [1.807, 2.05) is 0 Å². The average molecular weight is 640 g/mol. The first-order valence-electron chi connectivity index (χ1n) is 13.8. The Balaban J connectivity index is 1.61. The number of benzene rings is 3. The number of aliphatic hydroxyl groups excluding tert-OH is 4. The van der Waals surface area contributed by atoms with E-state index < -0.39 is 43.3 Å². The molecule has 5 atom stereocenters. The van der Waals surface area contributed by atoms with Gasteiger partial charge in [-0.2, -0.15) is 0 Å². The fourth-order valence-electron chi connectivity index (χ4n) is 4.75. The summed E-state index contributed by atoms with van der Waals surface area (Å²) in [6, 6.07) is 12.6. The highest BCUT2D eigenvalue weighted by molar-refractivity contribution is 5.94. The van der Waals surface area contributed by atoms with Crippen LogP contribution in [0.5, 0.6) is 40.2 Å². The topological polar surface area (TPSA) is 216 Å². The smallest absolute Gasteiger partial charge is 0.402 e. The lowest BCUT2D eigenvalue weighted by Crippen LogP contribution is -2.60. The standard InChI is InChI=1S/C32H30O14/c1-41-22-9-16(10-23(42-2)27(22)37)31-24(45-32-30(40)29(39)28(38)25(14-33)46-32)13-19-20(11-18(35)12-21(19)44-31)43-26(36)8-5-15-3-6-17(34)7-4-15/h3-13,25,28-30,32-33,38-40H,14H2,1-2H3,(H2-,34,35,36,37)/p+1/t25-,28-,29+,30-,32-/m1/s1. The van der Waals surface area contributed by atoms with Crippen molar-refractivity contribution in [2.75, 3.05) is 20.8 Å². The monoisotopic (exact) mass is 639 g/mol. The highest BCUT2D eigenvalue weighted by Gasteiger charge is 2.45. The quantitative estimate of drug-likeness (QED) is 0.0606. The van der Waals surface area contributed by atoms with Gasteiger partial charge in [-0.15, -0.1) is 0 Å². The van der Waals surface area contributed by atoms with Gasteiger partial charge in [-0.3, -0.25) is 0 Å². The Bertz CT molecular complexity index is 1730. The van der Waals surface area contributed by atoms with Gasteiger partial charge in [-0.05, 0) is 23.8 Å². The second-order valence-electron chi connectivity index (χ2n) is 10.2. The zero-order valence-electron chi connectivity index (χ0n) is 24.4. The first-order chi connectivity index (χ1) is 22.0. The Labute approximate surface area is 261 Å². The van der Waals surface area contributed by atoms with E-state index in [2.05, 4.69) is 0 Å². The van der Waals surface area contributed by atoms with Crippen LogP contribution in [0, 0.1) is 0 Å². The van der Waals surface area contributed by atoms with Gasteiger partial charge in [-0.25, -0.2) is 9.21 Å². The van der Waals surface area contributed by atoms with Gasteiger partial charge >= 0.3 is 17.3 Å². The molecule has 1 fully saturated rings. The van der Waals surface area contributed by atoms with Crippen molar-refractivity contribution < 1.29 is 68.6 Å². The van der Waals surface area contributed by atoms with Crippen molar-refractivity contribution in [3.63, 3.8) is 0 Å². The Morgan fingerprint density at radius 1 is 0.848 bits per heavy atom. The summed E-state index contributed by atoms with van der Waals surface area (Å²) in [7, 11) is 2.63. The molecule has 0 spiro atoms. The predicted molar refractivity (Wildman–Crippen MR) is 160 cm³/mol. The molecule has 1 saturated heterocycles. The molecule has 2 heterocycles. The summed E-state index contributed by atoms with van der Waals surface area (Å²) in [5.74, 6) is -1.79. The van der Waals surface area contributed by atoms with Crippen LogP contribution in [-0.4, -0.2) is 93.2 Å². The molecule has 0 saturated carbocycles. The second kappa shape index (κ2) is 13.5. The molecule has 7 N–H and O–H groups in total. The minimum Gasteiger partial charge on any atom is -0.508 e. The van der Waals surface area contributed by atoms with Crippen molar-refractivity contribution in [3.05, 3.63) is 66.2 Å². The third-order valence-electron chi connectivity index (χ3n) is 7.15. The van der Waals surface area contributed by atoms with Crippen LogP contribution in [0.4, 0.5) is 0 Å². The zero-order valence-corrected chi connectivity index (χ0v) is 24.4. The molecule has 1 aliphatic heterocycles. The van der Waals surface area contributed by atoms with Crippen LogP contribution < -0.4 is 18.9 Å². The highest BCUT2D eigenvalue weighted by atomic mass is 16.7. The number of hydrogen-bond acceptors (Lipinski definition) is 13. The molecule has 0 unspecified atom stereocenters. The molecule has 1 aliphatic rings. The van der Waals surface area contributed by atoms with Crippen LogP contribution in [0.1, 0.15) is 5.56 Å². The van der Waals surface area contributed by atoms with Crippen LogP contribution in [-0.2, 0) is 9.53 Å². The maximum absolute atomic E-state index is 12.8. The highest BCUT2D eigenvalue weighted by Crippen LogP contribution is 2.45. The van der Waals surface area contributed by atoms with E-state index in [-0.39, 0.29) is 62.5 Å². The summed E-state index contributed by atoms with van der Waals surface area (Å²) in [5, 5.41) is 71.4. The number of aliphatic hydroxyl groups is 4. The summed E-state index contributed by atoms with van der Waals surface area (Å²) in [5.41, 5.74) is 0.823. The number of ether oxygens (including phenoxy) is 5. The Kier molecular flexibility index (Phi) is 9.46.